The van der Waals surface area contributed by atoms with Gasteiger partial charge in [-0.15, -0.1) is 0 Å². The molecule has 0 atom stereocenters. The molecular formula is C12H21N5. The van der Waals surface area contributed by atoms with Crippen LogP contribution >= 0.6 is 0 Å². The lowest BCUT2D eigenvalue weighted by molar-refractivity contribution is 0.138. The van der Waals surface area contributed by atoms with Gasteiger partial charge in [0.25, 0.3) is 0 Å². The molecule has 0 unspecified atom stereocenters. The molecule has 0 radical (unpaired) electrons. The molecule has 1 aromatic rings. The van der Waals surface area contributed by atoms with Crippen molar-refractivity contribution in [1.29, 1.82) is 0 Å². The number of nitrogen functional groups attached to an aromatic ring is 1. The predicted octanol–water partition coefficient (Wildman–Crippen LogP) is 0.585. The quantitative estimate of drug-likeness (QED) is 0.830. The lowest BCUT2D eigenvalue weighted by Crippen LogP contribution is -2.41. The Morgan fingerprint density at radius 2 is 2.06 bits per heavy atom. The van der Waals surface area contributed by atoms with Gasteiger partial charge in [-0.3, -0.25) is 9.88 Å². The molecule has 1 aliphatic heterocycles. The van der Waals surface area contributed by atoms with E-state index in [-0.39, 0.29) is 0 Å². The van der Waals surface area contributed by atoms with Crippen LogP contribution in [0.2, 0.25) is 0 Å². The summed E-state index contributed by atoms with van der Waals surface area (Å²) in [6.45, 7) is 3.21. The molecule has 0 aliphatic carbocycles. The summed E-state index contributed by atoms with van der Waals surface area (Å²) in [5.74, 6) is 0.482. The van der Waals surface area contributed by atoms with Crippen LogP contribution in [0.5, 0.6) is 0 Å². The van der Waals surface area contributed by atoms with Crippen LogP contribution in [0.3, 0.4) is 0 Å². The largest absolute Gasteiger partial charge is 0.382 e. The Balaban J connectivity index is 1.88. The van der Waals surface area contributed by atoms with Crippen LogP contribution in [-0.4, -0.2) is 53.0 Å². The Hall–Kier alpha value is -1.20. The Morgan fingerprint density at radius 1 is 1.35 bits per heavy atom. The summed E-state index contributed by atoms with van der Waals surface area (Å²) < 4.78 is 0. The monoisotopic (exact) mass is 235 g/mol. The number of nitrogens with two attached hydrogens (primary N) is 1. The SMILES string of the molecule is CN1CCC(N(C)Cc2cnc(N)cn2)CC1. The summed E-state index contributed by atoms with van der Waals surface area (Å²) in [6, 6.07) is 0.658. The minimum Gasteiger partial charge on any atom is -0.382 e. The number of hydrogen-bond donors (Lipinski definition) is 1. The summed E-state index contributed by atoms with van der Waals surface area (Å²) in [7, 11) is 4.34. The van der Waals surface area contributed by atoms with Crippen LogP contribution in [-0.2, 0) is 6.54 Å². The number of aromatic nitrogens is 2. The molecule has 0 saturated carbocycles. The summed E-state index contributed by atoms with van der Waals surface area (Å²) in [5, 5.41) is 0. The topological polar surface area (TPSA) is 58.3 Å². The fourth-order valence-corrected chi connectivity index (χ4v) is 2.27. The van der Waals surface area contributed by atoms with E-state index in [4.69, 9.17) is 5.73 Å². The molecule has 2 rings (SSSR count). The van der Waals surface area contributed by atoms with Gasteiger partial charge in [-0.05, 0) is 40.0 Å². The molecule has 1 aromatic heterocycles. The second-order valence-electron chi connectivity index (χ2n) is 4.88. The van der Waals surface area contributed by atoms with Gasteiger partial charge in [-0.2, -0.15) is 0 Å². The van der Waals surface area contributed by atoms with Gasteiger partial charge in [-0.25, -0.2) is 4.98 Å². The highest BCUT2D eigenvalue weighted by atomic mass is 15.2. The van der Waals surface area contributed by atoms with Gasteiger partial charge in [0.2, 0.25) is 0 Å². The highest BCUT2D eigenvalue weighted by Crippen LogP contribution is 2.15. The lowest BCUT2D eigenvalue weighted by atomic mass is 10.0. The normalized spacial score (nSPS) is 18.8. The van der Waals surface area contributed by atoms with Crippen molar-refractivity contribution in [3.05, 3.63) is 18.1 Å². The lowest BCUT2D eigenvalue weighted by Gasteiger charge is -2.34. The van der Waals surface area contributed by atoms with E-state index >= 15 is 0 Å². The molecule has 0 spiro atoms. The number of rotatable bonds is 3. The Kier molecular flexibility index (Phi) is 3.91. The molecular weight excluding hydrogens is 214 g/mol. The molecule has 94 valence electrons. The second-order valence-corrected chi connectivity index (χ2v) is 4.88. The van der Waals surface area contributed by atoms with Crippen LogP contribution in [0, 0.1) is 0 Å². The van der Waals surface area contributed by atoms with Crippen molar-refractivity contribution >= 4 is 5.82 Å². The van der Waals surface area contributed by atoms with E-state index in [1.807, 2.05) is 0 Å². The summed E-state index contributed by atoms with van der Waals surface area (Å²) >= 11 is 0. The third-order valence-electron chi connectivity index (χ3n) is 3.45. The van der Waals surface area contributed by atoms with E-state index < -0.39 is 0 Å². The smallest absolute Gasteiger partial charge is 0.141 e. The van der Waals surface area contributed by atoms with Gasteiger partial charge in [0, 0.05) is 12.6 Å². The van der Waals surface area contributed by atoms with Gasteiger partial charge in [0.05, 0.1) is 18.1 Å². The first-order valence-electron chi connectivity index (χ1n) is 6.10. The first-order chi connectivity index (χ1) is 8.15. The van der Waals surface area contributed by atoms with Crippen LogP contribution in [0.4, 0.5) is 5.82 Å². The van der Waals surface area contributed by atoms with E-state index in [1.54, 1.807) is 12.4 Å². The fourth-order valence-electron chi connectivity index (χ4n) is 2.27. The molecule has 0 aromatic carbocycles. The molecule has 17 heavy (non-hydrogen) atoms. The Labute approximate surface area is 103 Å². The van der Waals surface area contributed by atoms with Crippen molar-refractivity contribution in [2.45, 2.75) is 25.4 Å². The van der Waals surface area contributed by atoms with Crippen molar-refractivity contribution in [2.75, 3.05) is 32.9 Å². The van der Waals surface area contributed by atoms with Crippen molar-refractivity contribution in [3.63, 3.8) is 0 Å². The highest BCUT2D eigenvalue weighted by Gasteiger charge is 2.20. The van der Waals surface area contributed by atoms with Gasteiger partial charge in [0.1, 0.15) is 5.82 Å². The summed E-state index contributed by atoms with van der Waals surface area (Å²) in [5.41, 5.74) is 6.51. The molecule has 1 saturated heterocycles. The first-order valence-corrected chi connectivity index (χ1v) is 6.10. The number of likely N-dealkylation sites (tertiary alicyclic amines) is 1. The fraction of sp³-hybridized carbons (Fsp3) is 0.667. The zero-order chi connectivity index (χ0) is 12.3. The van der Waals surface area contributed by atoms with Gasteiger partial charge >= 0.3 is 0 Å². The molecule has 0 amide bonds. The van der Waals surface area contributed by atoms with Crippen LogP contribution in [0.25, 0.3) is 0 Å². The minimum atomic E-state index is 0.482. The third-order valence-corrected chi connectivity index (χ3v) is 3.45. The van der Waals surface area contributed by atoms with Crippen molar-refractivity contribution in [3.8, 4) is 0 Å². The van der Waals surface area contributed by atoms with E-state index in [0.717, 1.165) is 12.2 Å². The third kappa shape index (κ3) is 3.38. The minimum absolute atomic E-state index is 0.482. The average molecular weight is 235 g/mol. The molecule has 0 bridgehead atoms. The molecule has 5 heteroatoms. The maximum absolute atomic E-state index is 5.52. The van der Waals surface area contributed by atoms with Gasteiger partial charge in [0.15, 0.2) is 0 Å². The van der Waals surface area contributed by atoms with Gasteiger partial charge in [-0.1, -0.05) is 0 Å². The molecule has 2 N–H and O–H groups in total. The maximum atomic E-state index is 5.52. The van der Waals surface area contributed by atoms with E-state index in [2.05, 4.69) is 33.9 Å². The van der Waals surface area contributed by atoms with Gasteiger partial charge < -0.3 is 10.6 Å². The highest BCUT2D eigenvalue weighted by molar-refractivity contribution is 5.22. The van der Waals surface area contributed by atoms with Crippen molar-refractivity contribution in [2.24, 2.45) is 0 Å². The number of piperidine rings is 1. The standard InChI is InChI=1S/C12H21N5/c1-16-5-3-11(4-6-16)17(2)9-10-7-15-12(13)8-14-10/h7-8,11H,3-6,9H2,1-2H3,(H2,13,15). The predicted molar refractivity (Wildman–Crippen MR) is 68.4 cm³/mol. The summed E-state index contributed by atoms with van der Waals surface area (Å²) in [6.07, 6.45) is 5.85. The molecule has 5 nitrogen and oxygen atoms in total. The van der Waals surface area contributed by atoms with Crippen molar-refractivity contribution in [1.82, 2.24) is 19.8 Å². The molecule has 1 aliphatic rings. The van der Waals surface area contributed by atoms with Crippen LogP contribution < -0.4 is 5.73 Å². The zero-order valence-corrected chi connectivity index (χ0v) is 10.6. The molecule has 1 fully saturated rings. The first kappa shape index (κ1) is 12.3. The second kappa shape index (κ2) is 5.42. The average Bonchev–Trinajstić information content (AvgIpc) is 2.33. The summed E-state index contributed by atoms with van der Waals surface area (Å²) in [4.78, 5) is 13.1. The molecule has 2 heterocycles. The van der Waals surface area contributed by atoms with Crippen LogP contribution in [0.1, 0.15) is 18.5 Å². The number of anilines is 1. The zero-order valence-electron chi connectivity index (χ0n) is 10.6. The maximum Gasteiger partial charge on any atom is 0.141 e. The van der Waals surface area contributed by atoms with E-state index in [9.17, 15) is 0 Å². The Bertz CT molecular complexity index is 342. The van der Waals surface area contributed by atoms with Crippen LogP contribution in [0.15, 0.2) is 12.4 Å². The Morgan fingerprint density at radius 3 is 2.65 bits per heavy atom. The van der Waals surface area contributed by atoms with E-state index in [1.165, 1.54) is 25.9 Å². The van der Waals surface area contributed by atoms with E-state index in [0.29, 0.717) is 11.9 Å². The number of hydrogen-bond acceptors (Lipinski definition) is 5. The number of nitrogens with zero attached hydrogens (tertiary/aromatic N) is 4. The van der Waals surface area contributed by atoms with Crippen molar-refractivity contribution < 1.29 is 0 Å².